The van der Waals surface area contributed by atoms with E-state index in [1.807, 2.05) is 0 Å². The molecule has 0 aromatic rings. The van der Waals surface area contributed by atoms with E-state index in [1.54, 1.807) is 6.08 Å². The zero-order valence-electron chi connectivity index (χ0n) is 6.82. The third-order valence-corrected chi connectivity index (χ3v) is 1.70. The minimum absolute atomic E-state index is 0.0676. The van der Waals surface area contributed by atoms with Crippen LogP contribution in [-0.4, -0.2) is 24.3 Å². The van der Waals surface area contributed by atoms with E-state index in [0.29, 0.717) is 11.9 Å². The molecule has 0 spiro atoms. The van der Waals surface area contributed by atoms with Crippen LogP contribution in [0.5, 0.6) is 0 Å². The van der Waals surface area contributed by atoms with Gasteiger partial charge in [-0.1, -0.05) is 6.58 Å². The zero-order chi connectivity index (χ0) is 9.14. The van der Waals surface area contributed by atoms with Crippen molar-refractivity contribution in [1.82, 2.24) is 0 Å². The van der Waals surface area contributed by atoms with Crippen molar-refractivity contribution < 1.29 is 14.3 Å². The van der Waals surface area contributed by atoms with Crippen molar-refractivity contribution in [1.29, 1.82) is 0 Å². The standard InChI is InChI=1S/C9H10O3/c1-6(7(2)11)9-8(12-9)4-3-5-10/h3-5,8-9H,1H2,2H3/b4-3-/t8-,9+/m0/s1. The second-order valence-electron chi connectivity index (χ2n) is 2.62. The lowest BCUT2D eigenvalue weighted by Crippen LogP contribution is -2.03. The zero-order valence-corrected chi connectivity index (χ0v) is 6.82. The molecule has 0 N–H and O–H groups in total. The number of allylic oxidation sites excluding steroid dienone is 1. The maximum absolute atomic E-state index is 10.8. The molecule has 1 fully saturated rings. The van der Waals surface area contributed by atoms with Gasteiger partial charge < -0.3 is 4.74 Å². The minimum atomic E-state index is -0.210. The molecule has 0 radical (unpaired) electrons. The highest BCUT2D eigenvalue weighted by molar-refractivity contribution is 5.94. The first-order valence-electron chi connectivity index (χ1n) is 3.64. The second-order valence-corrected chi connectivity index (χ2v) is 2.62. The average Bonchev–Trinajstić information content (AvgIpc) is 2.78. The van der Waals surface area contributed by atoms with Gasteiger partial charge in [0, 0.05) is 5.57 Å². The highest BCUT2D eigenvalue weighted by Gasteiger charge is 2.40. The van der Waals surface area contributed by atoms with Gasteiger partial charge in [0.25, 0.3) is 0 Å². The molecule has 0 bridgehead atoms. The molecule has 0 aromatic carbocycles. The SMILES string of the molecule is C=C(C(C)=O)[C@H]1O[C@H]1/C=C\C=O. The molecule has 64 valence electrons. The average molecular weight is 166 g/mol. The van der Waals surface area contributed by atoms with Crippen LogP contribution in [0.1, 0.15) is 6.92 Å². The number of ether oxygens (including phenoxy) is 1. The summed E-state index contributed by atoms with van der Waals surface area (Å²) in [6, 6.07) is 0. The fraction of sp³-hybridized carbons (Fsp3) is 0.333. The number of epoxide rings is 1. The summed E-state index contributed by atoms with van der Waals surface area (Å²) in [6.07, 6.45) is 3.31. The molecule has 0 aromatic heterocycles. The predicted octanol–water partition coefficient (Wildman–Crippen LogP) is 0.654. The van der Waals surface area contributed by atoms with E-state index in [0.717, 1.165) is 0 Å². The molecule has 1 saturated heterocycles. The lowest BCUT2D eigenvalue weighted by atomic mass is 10.1. The van der Waals surface area contributed by atoms with E-state index in [-0.39, 0.29) is 18.0 Å². The number of hydrogen-bond donors (Lipinski definition) is 0. The van der Waals surface area contributed by atoms with Gasteiger partial charge in [0.2, 0.25) is 0 Å². The fourth-order valence-corrected chi connectivity index (χ4v) is 0.906. The summed E-state index contributed by atoms with van der Waals surface area (Å²) in [7, 11) is 0. The Hall–Kier alpha value is -1.22. The third-order valence-electron chi connectivity index (χ3n) is 1.70. The molecular weight excluding hydrogens is 156 g/mol. The smallest absolute Gasteiger partial charge is 0.157 e. The number of Topliss-reactive ketones (excluding diaryl/α,β-unsaturated/α-hetero) is 1. The number of rotatable bonds is 4. The normalized spacial score (nSPS) is 27.1. The Labute approximate surface area is 70.7 Å². The van der Waals surface area contributed by atoms with Gasteiger partial charge in [0.05, 0.1) is 0 Å². The van der Waals surface area contributed by atoms with Crippen molar-refractivity contribution in [3.05, 3.63) is 24.3 Å². The highest BCUT2D eigenvalue weighted by Crippen LogP contribution is 2.29. The van der Waals surface area contributed by atoms with Crippen LogP contribution >= 0.6 is 0 Å². The van der Waals surface area contributed by atoms with E-state index >= 15 is 0 Å². The summed E-state index contributed by atoms with van der Waals surface area (Å²) < 4.78 is 5.08. The molecular formula is C9H10O3. The summed E-state index contributed by atoms with van der Waals surface area (Å²) in [5, 5.41) is 0. The van der Waals surface area contributed by atoms with Gasteiger partial charge in [0.15, 0.2) is 5.78 Å². The van der Waals surface area contributed by atoms with E-state index in [2.05, 4.69) is 6.58 Å². The van der Waals surface area contributed by atoms with Crippen LogP contribution in [0.15, 0.2) is 24.3 Å². The molecule has 1 heterocycles. The van der Waals surface area contributed by atoms with Gasteiger partial charge in [-0.25, -0.2) is 0 Å². The van der Waals surface area contributed by atoms with Gasteiger partial charge >= 0.3 is 0 Å². The molecule has 1 aliphatic heterocycles. The number of ketones is 1. The van der Waals surface area contributed by atoms with Crippen LogP contribution in [-0.2, 0) is 14.3 Å². The minimum Gasteiger partial charge on any atom is -0.360 e. The first kappa shape index (κ1) is 8.87. The Morgan fingerprint density at radius 3 is 2.75 bits per heavy atom. The topological polar surface area (TPSA) is 46.7 Å². The highest BCUT2D eigenvalue weighted by atomic mass is 16.6. The molecule has 3 heteroatoms. The van der Waals surface area contributed by atoms with E-state index in [1.165, 1.54) is 13.0 Å². The molecule has 0 saturated carbocycles. The number of aldehydes is 1. The van der Waals surface area contributed by atoms with E-state index in [4.69, 9.17) is 4.74 Å². The van der Waals surface area contributed by atoms with Crippen molar-refractivity contribution in [2.75, 3.05) is 0 Å². The number of hydrogen-bond acceptors (Lipinski definition) is 3. The third kappa shape index (κ3) is 1.89. The van der Waals surface area contributed by atoms with Crippen LogP contribution in [0.4, 0.5) is 0 Å². The molecule has 12 heavy (non-hydrogen) atoms. The molecule has 0 unspecified atom stereocenters. The van der Waals surface area contributed by atoms with Crippen LogP contribution in [0.25, 0.3) is 0 Å². The van der Waals surface area contributed by atoms with Crippen LogP contribution in [0.2, 0.25) is 0 Å². The van der Waals surface area contributed by atoms with Crippen molar-refractivity contribution >= 4 is 12.1 Å². The Morgan fingerprint density at radius 1 is 1.58 bits per heavy atom. The lowest BCUT2D eigenvalue weighted by Gasteiger charge is -1.91. The summed E-state index contributed by atoms with van der Waals surface area (Å²) in [5.41, 5.74) is 0.468. The summed E-state index contributed by atoms with van der Waals surface area (Å²) in [4.78, 5) is 20.7. The van der Waals surface area contributed by atoms with Gasteiger partial charge in [-0.2, -0.15) is 0 Å². The molecule has 1 rings (SSSR count). The number of carbonyl (C=O) groups excluding carboxylic acids is 2. The van der Waals surface area contributed by atoms with Crippen LogP contribution in [0, 0.1) is 0 Å². The lowest BCUT2D eigenvalue weighted by molar-refractivity contribution is -0.113. The monoisotopic (exact) mass is 166 g/mol. The Morgan fingerprint density at radius 2 is 2.25 bits per heavy atom. The van der Waals surface area contributed by atoms with Crippen molar-refractivity contribution in [2.24, 2.45) is 0 Å². The van der Waals surface area contributed by atoms with Crippen molar-refractivity contribution in [3.63, 3.8) is 0 Å². The Balaban J connectivity index is 2.42. The largest absolute Gasteiger partial charge is 0.360 e. The Bertz CT molecular complexity index is 252. The fourth-order valence-electron chi connectivity index (χ4n) is 0.906. The van der Waals surface area contributed by atoms with E-state index in [9.17, 15) is 9.59 Å². The first-order valence-corrected chi connectivity index (χ1v) is 3.64. The predicted molar refractivity (Wildman–Crippen MR) is 43.7 cm³/mol. The summed E-state index contributed by atoms with van der Waals surface area (Å²) in [5.74, 6) is -0.0676. The molecule has 0 amide bonds. The van der Waals surface area contributed by atoms with Gasteiger partial charge in [-0.15, -0.1) is 0 Å². The maximum Gasteiger partial charge on any atom is 0.157 e. The molecule has 2 atom stereocenters. The molecule has 3 nitrogen and oxygen atoms in total. The quantitative estimate of drug-likeness (QED) is 0.350. The van der Waals surface area contributed by atoms with Crippen LogP contribution < -0.4 is 0 Å². The van der Waals surface area contributed by atoms with Crippen molar-refractivity contribution in [3.8, 4) is 0 Å². The van der Waals surface area contributed by atoms with Crippen molar-refractivity contribution in [2.45, 2.75) is 19.1 Å². The van der Waals surface area contributed by atoms with E-state index < -0.39 is 0 Å². The van der Waals surface area contributed by atoms with Gasteiger partial charge in [-0.05, 0) is 19.1 Å². The summed E-state index contributed by atoms with van der Waals surface area (Å²) >= 11 is 0. The molecule has 0 aliphatic carbocycles. The number of carbonyl (C=O) groups is 2. The second kappa shape index (κ2) is 3.45. The van der Waals surface area contributed by atoms with Gasteiger partial charge in [-0.3, -0.25) is 9.59 Å². The van der Waals surface area contributed by atoms with Crippen LogP contribution in [0.3, 0.4) is 0 Å². The first-order chi connectivity index (χ1) is 5.66. The van der Waals surface area contributed by atoms with Gasteiger partial charge in [0.1, 0.15) is 18.5 Å². The summed E-state index contributed by atoms with van der Waals surface area (Å²) in [6.45, 7) is 5.03. The Kier molecular flexibility index (Phi) is 2.55. The molecule has 1 aliphatic rings. The maximum atomic E-state index is 10.8.